The molecule has 1 aromatic carbocycles. The van der Waals surface area contributed by atoms with Crippen LogP contribution in [-0.2, 0) is 0 Å². The van der Waals surface area contributed by atoms with E-state index in [0.29, 0.717) is 16.4 Å². The molecule has 0 aliphatic carbocycles. The van der Waals surface area contributed by atoms with E-state index >= 15 is 0 Å². The highest BCUT2D eigenvalue weighted by Crippen LogP contribution is 2.29. The number of alkyl halides is 1. The summed E-state index contributed by atoms with van der Waals surface area (Å²) in [5.41, 5.74) is 6.20. The molecule has 1 heterocycles. The van der Waals surface area contributed by atoms with E-state index in [2.05, 4.69) is 4.99 Å². The Morgan fingerprint density at radius 2 is 2.24 bits per heavy atom. The van der Waals surface area contributed by atoms with Crippen LogP contribution < -0.4 is 5.73 Å². The van der Waals surface area contributed by atoms with Crippen LogP contribution in [0.4, 0.5) is 5.69 Å². The Hall–Kier alpha value is -1.59. The molecule has 0 atom stereocenters. The van der Waals surface area contributed by atoms with E-state index < -0.39 is 5.97 Å². The van der Waals surface area contributed by atoms with Crippen molar-refractivity contribution >= 4 is 50.5 Å². The van der Waals surface area contributed by atoms with Crippen LogP contribution in [-0.4, -0.2) is 22.8 Å². The summed E-state index contributed by atoms with van der Waals surface area (Å²) >= 11 is 6.77. The molecule has 0 radical (unpaired) electrons. The number of aromatic carboxylic acids is 1. The van der Waals surface area contributed by atoms with Gasteiger partial charge in [-0.15, -0.1) is 22.9 Å². The lowest BCUT2D eigenvalue weighted by Gasteiger charge is -1.96. The van der Waals surface area contributed by atoms with Gasteiger partial charge in [0.1, 0.15) is 10.7 Å². The molecule has 0 amide bonds. The smallest absolute Gasteiger partial charge is 0.345 e. The fourth-order valence-corrected chi connectivity index (χ4v) is 2.34. The van der Waals surface area contributed by atoms with Crippen molar-refractivity contribution in [3.8, 4) is 0 Å². The number of benzene rings is 1. The highest BCUT2D eigenvalue weighted by Gasteiger charge is 2.08. The number of thiophene rings is 1. The fraction of sp³-hybridized carbons (Fsp3) is 0.0909. The van der Waals surface area contributed by atoms with Crippen LogP contribution in [0.1, 0.15) is 9.67 Å². The van der Waals surface area contributed by atoms with Crippen molar-refractivity contribution in [2.75, 3.05) is 5.88 Å². The molecule has 3 N–H and O–H groups in total. The number of halogens is 1. The molecule has 0 fully saturated rings. The average molecular weight is 269 g/mol. The maximum absolute atomic E-state index is 10.8. The Labute approximate surface area is 106 Å². The Balaban J connectivity index is 2.47. The molecule has 88 valence electrons. The molecule has 17 heavy (non-hydrogen) atoms. The van der Waals surface area contributed by atoms with Crippen molar-refractivity contribution in [2.45, 2.75) is 0 Å². The molecule has 0 aliphatic rings. The number of hydrogen-bond donors (Lipinski definition) is 2. The largest absolute Gasteiger partial charge is 0.477 e. The lowest BCUT2D eigenvalue weighted by Crippen LogP contribution is -2.12. The summed E-state index contributed by atoms with van der Waals surface area (Å²) in [4.78, 5) is 15.2. The number of fused-ring (bicyclic) bond motifs is 1. The first-order valence-corrected chi connectivity index (χ1v) is 6.11. The molecule has 0 bridgehead atoms. The SMILES string of the molecule is NC(CCl)=Nc1ccc2sc(C(=O)O)cc2c1. The second-order valence-electron chi connectivity index (χ2n) is 3.37. The van der Waals surface area contributed by atoms with E-state index in [1.807, 2.05) is 6.07 Å². The Kier molecular flexibility index (Phi) is 3.31. The van der Waals surface area contributed by atoms with Gasteiger partial charge in [0.15, 0.2) is 0 Å². The number of nitrogens with zero attached hydrogens (tertiary/aromatic N) is 1. The molecule has 2 rings (SSSR count). The first-order valence-electron chi connectivity index (χ1n) is 4.76. The summed E-state index contributed by atoms with van der Waals surface area (Å²) < 4.78 is 0.908. The van der Waals surface area contributed by atoms with Crippen LogP contribution in [0.2, 0.25) is 0 Å². The number of carboxylic acids is 1. The molecule has 4 nitrogen and oxygen atoms in total. The third kappa shape index (κ3) is 2.57. The lowest BCUT2D eigenvalue weighted by molar-refractivity contribution is 0.0702. The van der Waals surface area contributed by atoms with Gasteiger partial charge < -0.3 is 10.8 Å². The number of hydrogen-bond acceptors (Lipinski definition) is 3. The minimum Gasteiger partial charge on any atom is -0.477 e. The molecule has 0 saturated carbocycles. The highest BCUT2D eigenvalue weighted by molar-refractivity contribution is 7.20. The zero-order valence-electron chi connectivity index (χ0n) is 8.68. The van der Waals surface area contributed by atoms with Gasteiger partial charge in [0.05, 0.1) is 11.6 Å². The van der Waals surface area contributed by atoms with Gasteiger partial charge in [-0.3, -0.25) is 0 Å². The maximum atomic E-state index is 10.8. The summed E-state index contributed by atoms with van der Waals surface area (Å²) in [6.07, 6.45) is 0. The quantitative estimate of drug-likeness (QED) is 0.511. The third-order valence-electron chi connectivity index (χ3n) is 2.12. The van der Waals surface area contributed by atoms with Gasteiger partial charge in [0, 0.05) is 4.70 Å². The second-order valence-corrected chi connectivity index (χ2v) is 4.73. The molecule has 2 aromatic rings. The van der Waals surface area contributed by atoms with Crippen LogP contribution >= 0.6 is 22.9 Å². The van der Waals surface area contributed by atoms with E-state index in [1.165, 1.54) is 11.3 Å². The van der Waals surface area contributed by atoms with Crippen LogP contribution in [0.15, 0.2) is 29.3 Å². The van der Waals surface area contributed by atoms with Crippen molar-refractivity contribution in [2.24, 2.45) is 10.7 Å². The van der Waals surface area contributed by atoms with Gasteiger partial charge in [0.2, 0.25) is 0 Å². The summed E-state index contributed by atoms with van der Waals surface area (Å²) in [6, 6.07) is 7.02. The van der Waals surface area contributed by atoms with E-state index in [-0.39, 0.29) is 5.88 Å². The standard InChI is InChI=1S/C11H9ClN2O2S/c12-5-10(13)14-7-1-2-8-6(3-7)4-9(17-8)11(15)16/h1-4H,5H2,(H2,13,14)(H,15,16). The summed E-state index contributed by atoms with van der Waals surface area (Å²) in [7, 11) is 0. The Morgan fingerprint density at radius 3 is 2.88 bits per heavy atom. The molecular formula is C11H9ClN2O2S. The predicted octanol–water partition coefficient (Wildman–Crippen LogP) is 2.83. The average Bonchev–Trinajstić information content (AvgIpc) is 2.72. The number of nitrogens with two attached hydrogens (primary N) is 1. The molecule has 0 unspecified atom stereocenters. The zero-order valence-corrected chi connectivity index (χ0v) is 10.3. The number of aliphatic imine (C=N–C) groups is 1. The minimum absolute atomic E-state index is 0.169. The van der Waals surface area contributed by atoms with E-state index in [0.717, 1.165) is 10.1 Å². The molecule has 0 saturated heterocycles. The Morgan fingerprint density at radius 1 is 1.47 bits per heavy atom. The van der Waals surface area contributed by atoms with Gasteiger partial charge in [-0.2, -0.15) is 0 Å². The summed E-state index contributed by atoms with van der Waals surface area (Å²) in [5, 5.41) is 9.73. The maximum Gasteiger partial charge on any atom is 0.345 e. The van der Waals surface area contributed by atoms with E-state index in [1.54, 1.807) is 18.2 Å². The normalized spacial score (nSPS) is 11.9. The van der Waals surface area contributed by atoms with Gasteiger partial charge in [-0.25, -0.2) is 9.79 Å². The summed E-state index contributed by atoms with van der Waals surface area (Å²) in [6.45, 7) is 0. The molecule has 1 aromatic heterocycles. The Bertz CT molecular complexity index is 607. The first kappa shape index (κ1) is 11.9. The second kappa shape index (κ2) is 4.73. The van der Waals surface area contributed by atoms with Crippen LogP contribution in [0.5, 0.6) is 0 Å². The van der Waals surface area contributed by atoms with Crippen LogP contribution in [0.3, 0.4) is 0 Å². The van der Waals surface area contributed by atoms with Crippen molar-refractivity contribution in [3.63, 3.8) is 0 Å². The van der Waals surface area contributed by atoms with Gasteiger partial charge in [-0.1, -0.05) is 0 Å². The fourth-order valence-electron chi connectivity index (χ4n) is 1.40. The topological polar surface area (TPSA) is 75.7 Å². The van der Waals surface area contributed by atoms with Crippen molar-refractivity contribution in [1.29, 1.82) is 0 Å². The number of carboxylic acid groups (broad SMARTS) is 1. The lowest BCUT2D eigenvalue weighted by atomic mass is 10.2. The number of rotatable bonds is 3. The van der Waals surface area contributed by atoms with E-state index in [4.69, 9.17) is 22.4 Å². The molecule has 6 heteroatoms. The van der Waals surface area contributed by atoms with Crippen molar-refractivity contribution in [3.05, 3.63) is 29.1 Å². The molecule has 0 aliphatic heterocycles. The highest BCUT2D eigenvalue weighted by atomic mass is 35.5. The predicted molar refractivity (Wildman–Crippen MR) is 70.8 cm³/mol. The number of carbonyl (C=O) groups is 1. The number of amidine groups is 1. The van der Waals surface area contributed by atoms with Crippen molar-refractivity contribution in [1.82, 2.24) is 0 Å². The van der Waals surface area contributed by atoms with Crippen molar-refractivity contribution < 1.29 is 9.90 Å². The third-order valence-corrected chi connectivity index (χ3v) is 3.50. The summed E-state index contributed by atoms with van der Waals surface area (Å²) in [5.74, 6) is -0.418. The van der Waals surface area contributed by atoms with Gasteiger partial charge in [0.25, 0.3) is 0 Å². The van der Waals surface area contributed by atoms with Crippen LogP contribution in [0, 0.1) is 0 Å². The monoisotopic (exact) mass is 268 g/mol. The van der Waals surface area contributed by atoms with Gasteiger partial charge in [-0.05, 0) is 29.7 Å². The molecule has 0 spiro atoms. The zero-order chi connectivity index (χ0) is 12.4. The van der Waals surface area contributed by atoms with Gasteiger partial charge >= 0.3 is 5.97 Å². The van der Waals surface area contributed by atoms with E-state index in [9.17, 15) is 4.79 Å². The first-order chi connectivity index (χ1) is 8.10. The molecular weight excluding hydrogens is 260 g/mol. The van der Waals surface area contributed by atoms with Crippen LogP contribution in [0.25, 0.3) is 10.1 Å². The minimum atomic E-state index is -0.920.